The van der Waals surface area contributed by atoms with Crippen LogP contribution in [0.25, 0.3) is 0 Å². The molecule has 21 heavy (non-hydrogen) atoms. The molecule has 1 unspecified atom stereocenters. The van der Waals surface area contributed by atoms with Gasteiger partial charge in [-0.05, 0) is 54.8 Å². The minimum atomic E-state index is 0.260. The van der Waals surface area contributed by atoms with E-state index in [9.17, 15) is 0 Å². The van der Waals surface area contributed by atoms with Crippen molar-refractivity contribution in [3.8, 4) is 0 Å². The summed E-state index contributed by atoms with van der Waals surface area (Å²) >= 11 is 0. The van der Waals surface area contributed by atoms with E-state index in [-0.39, 0.29) is 5.41 Å². The van der Waals surface area contributed by atoms with Crippen molar-refractivity contribution in [3.63, 3.8) is 0 Å². The normalized spacial score (nSPS) is 19.2. The second-order valence-electron chi connectivity index (χ2n) is 7.97. The summed E-state index contributed by atoms with van der Waals surface area (Å²) < 4.78 is 0. The van der Waals surface area contributed by atoms with Crippen LogP contribution in [0.1, 0.15) is 64.5 Å². The molecule has 0 spiro atoms. The van der Waals surface area contributed by atoms with E-state index in [2.05, 4.69) is 56.9 Å². The summed E-state index contributed by atoms with van der Waals surface area (Å²) in [5.41, 5.74) is 3.19. The summed E-state index contributed by atoms with van der Waals surface area (Å²) in [6.45, 7) is 13.1. The van der Waals surface area contributed by atoms with Crippen molar-refractivity contribution in [2.45, 2.75) is 65.2 Å². The lowest BCUT2D eigenvalue weighted by molar-refractivity contribution is 0.245. The Kier molecular flexibility index (Phi) is 5.87. The molecule has 1 heterocycles. The topological polar surface area (TPSA) is 3.24 Å². The second-order valence-corrected chi connectivity index (χ2v) is 7.97. The molecule has 0 radical (unpaired) electrons. The van der Waals surface area contributed by atoms with Crippen LogP contribution in [0.15, 0.2) is 24.3 Å². The van der Waals surface area contributed by atoms with Crippen molar-refractivity contribution in [1.82, 2.24) is 4.90 Å². The maximum atomic E-state index is 2.68. The maximum Gasteiger partial charge on any atom is 0.00102 e. The standard InChI is InChI=1S/C20H33N/c1-17(16-21-13-7-5-6-8-14-21)15-18-9-11-19(12-10-18)20(2,3)4/h9-12,17H,5-8,13-16H2,1-4H3. The van der Waals surface area contributed by atoms with Crippen molar-refractivity contribution in [2.75, 3.05) is 19.6 Å². The Balaban J connectivity index is 1.85. The highest BCUT2D eigenvalue weighted by molar-refractivity contribution is 5.27. The minimum Gasteiger partial charge on any atom is -0.303 e. The Morgan fingerprint density at radius 2 is 1.52 bits per heavy atom. The van der Waals surface area contributed by atoms with Gasteiger partial charge in [0.05, 0.1) is 0 Å². The maximum absolute atomic E-state index is 2.68. The molecular formula is C20H33N. The summed E-state index contributed by atoms with van der Waals surface area (Å²) in [4.78, 5) is 2.68. The zero-order valence-electron chi connectivity index (χ0n) is 14.5. The molecule has 0 aliphatic carbocycles. The molecule has 0 N–H and O–H groups in total. The van der Waals surface area contributed by atoms with Crippen LogP contribution in [-0.4, -0.2) is 24.5 Å². The average Bonchev–Trinajstić information content (AvgIpc) is 2.67. The molecule has 0 bridgehead atoms. The van der Waals surface area contributed by atoms with E-state index in [0.717, 1.165) is 5.92 Å². The Morgan fingerprint density at radius 3 is 2.05 bits per heavy atom. The largest absolute Gasteiger partial charge is 0.303 e. The molecule has 1 aromatic rings. The van der Waals surface area contributed by atoms with Gasteiger partial charge in [0.15, 0.2) is 0 Å². The van der Waals surface area contributed by atoms with Crippen molar-refractivity contribution in [1.29, 1.82) is 0 Å². The van der Waals surface area contributed by atoms with Gasteiger partial charge >= 0.3 is 0 Å². The molecule has 1 aliphatic heterocycles. The van der Waals surface area contributed by atoms with Crippen LogP contribution in [0.5, 0.6) is 0 Å². The summed E-state index contributed by atoms with van der Waals surface area (Å²) in [7, 11) is 0. The molecular weight excluding hydrogens is 254 g/mol. The Morgan fingerprint density at radius 1 is 0.952 bits per heavy atom. The van der Waals surface area contributed by atoms with Gasteiger partial charge < -0.3 is 4.90 Å². The Bertz CT molecular complexity index is 404. The molecule has 1 aliphatic rings. The van der Waals surface area contributed by atoms with Crippen LogP contribution in [0.4, 0.5) is 0 Å². The molecule has 1 nitrogen and oxygen atoms in total. The smallest absolute Gasteiger partial charge is 0.00102 e. The predicted octanol–water partition coefficient (Wildman–Crippen LogP) is 5.04. The molecule has 0 saturated carbocycles. The third kappa shape index (κ3) is 5.47. The van der Waals surface area contributed by atoms with E-state index in [1.165, 1.54) is 62.9 Å². The highest BCUT2D eigenvalue weighted by atomic mass is 15.1. The van der Waals surface area contributed by atoms with Crippen molar-refractivity contribution >= 4 is 0 Å². The van der Waals surface area contributed by atoms with Gasteiger partial charge in [-0.1, -0.05) is 64.8 Å². The van der Waals surface area contributed by atoms with E-state index in [1.54, 1.807) is 0 Å². The summed E-state index contributed by atoms with van der Waals surface area (Å²) in [5, 5.41) is 0. The lowest BCUT2D eigenvalue weighted by Crippen LogP contribution is -2.30. The lowest BCUT2D eigenvalue weighted by atomic mass is 9.86. The second kappa shape index (κ2) is 7.45. The quantitative estimate of drug-likeness (QED) is 0.750. The van der Waals surface area contributed by atoms with Crippen LogP contribution in [0, 0.1) is 5.92 Å². The SMILES string of the molecule is CC(Cc1ccc(C(C)(C)C)cc1)CN1CCCCCC1. The Hall–Kier alpha value is -0.820. The zero-order chi connectivity index (χ0) is 15.3. The van der Waals surface area contributed by atoms with Gasteiger partial charge in [-0.25, -0.2) is 0 Å². The zero-order valence-corrected chi connectivity index (χ0v) is 14.5. The van der Waals surface area contributed by atoms with Gasteiger partial charge in [0, 0.05) is 6.54 Å². The van der Waals surface area contributed by atoms with Crippen LogP contribution in [-0.2, 0) is 11.8 Å². The third-order valence-electron chi connectivity index (χ3n) is 4.67. The number of likely N-dealkylation sites (tertiary alicyclic amines) is 1. The van der Waals surface area contributed by atoms with Gasteiger partial charge in [0.2, 0.25) is 0 Å². The van der Waals surface area contributed by atoms with Crippen molar-refractivity contribution < 1.29 is 0 Å². The molecule has 118 valence electrons. The Labute approximate surface area is 131 Å². The fourth-order valence-corrected chi connectivity index (χ4v) is 3.37. The summed E-state index contributed by atoms with van der Waals surface area (Å²) in [5.74, 6) is 0.753. The minimum absolute atomic E-state index is 0.260. The molecule has 0 aromatic heterocycles. The van der Waals surface area contributed by atoms with Gasteiger partial charge in [0.1, 0.15) is 0 Å². The fourth-order valence-electron chi connectivity index (χ4n) is 3.37. The summed E-state index contributed by atoms with van der Waals surface area (Å²) in [6, 6.07) is 9.29. The van der Waals surface area contributed by atoms with E-state index < -0.39 is 0 Å². The fraction of sp³-hybridized carbons (Fsp3) is 0.700. The number of hydrogen-bond acceptors (Lipinski definition) is 1. The number of rotatable bonds is 4. The first-order valence-electron chi connectivity index (χ1n) is 8.77. The van der Waals surface area contributed by atoms with E-state index in [0.29, 0.717) is 0 Å². The van der Waals surface area contributed by atoms with Gasteiger partial charge in [-0.3, -0.25) is 0 Å². The first-order valence-corrected chi connectivity index (χ1v) is 8.77. The molecule has 1 aromatic carbocycles. The van der Waals surface area contributed by atoms with Crippen LogP contribution >= 0.6 is 0 Å². The monoisotopic (exact) mass is 287 g/mol. The molecule has 1 heteroatoms. The van der Waals surface area contributed by atoms with Gasteiger partial charge in [0.25, 0.3) is 0 Å². The molecule has 1 atom stereocenters. The highest BCUT2D eigenvalue weighted by Crippen LogP contribution is 2.23. The highest BCUT2D eigenvalue weighted by Gasteiger charge is 2.15. The van der Waals surface area contributed by atoms with E-state index >= 15 is 0 Å². The van der Waals surface area contributed by atoms with Crippen LogP contribution in [0.2, 0.25) is 0 Å². The molecule has 1 fully saturated rings. The number of hydrogen-bond donors (Lipinski definition) is 0. The van der Waals surface area contributed by atoms with Crippen LogP contribution in [0.3, 0.4) is 0 Å². The first-order chi connectivity index (χ1) is 9.95. The predicted molar refractivity (Wildman–Crippen MR) is 92.9 cm³/mol. The molecule has 2 rings (SSSR count). The van der Waals surface area contributed by atoms with Gasteiger partial charge in [-0.15, -0.1) is 0 Å². The summed E-state index contributed by atoms with van der Waals surface area (Å²) in [6.07, 6.45) is 6.86. The number of benzene rings is 1. The van der Waals surface area contributed by atoms with Crippen molar-refractivity contribution in [2.24, 2.45) is 5.92 Å². The van der Waals surface area contributed by atoms with Gasteiger partial charge in [-0.2, -0.15) is 0 Å². The number of nitrogens with zero attached hydrogens (tertiary/aromatic N) is 1. The lowest BCUT2D eigenvalue weighted by Gasteiger charge is -2.24. The first kappa shape index (κ1) is 16.5. The average molecular weight is 287 g/mol. The van der Waals surface area contributed by atoms with E-state index in [4.69, 9.17) is 0 Å². The molecule has 1 saturated heterocycles. The van der Waals surface area contributed by atoms with Crippen LogP contribution < -0.4 is 0 Å². The van der Waals surface area contributed by atoms with E-state index in [1.807, 2.05) is 0 Å². The van der Waals surface area contributed by atoms with Crippen molar-refractivity contribution in [3.05, 3.63) is 35.4 Å². The molecule has 0 amide bonds. The third-order valence-corrected chi connectivity index (χ3v) is 4.67.